The molecule has 0 fully saturated rings. The van der Waals surface area contributed by atoms with Crippen molar-refractivity contribution >= 4 is 17.1 Å². The predicted octanol–water partition coefficient (Wildman–Crippen LogP) is 8.28. The number of hydrogen-bond donors (Lipinski definition) is 1. The van der Waals surface area contributed by atoms with Crippen LogP contribution in [0.5, 0.6) is 5.75 Å². The van der Waals surface area contributed by atoms with E-state index in [1.807, 2.05) is 13.8 Å². The van der Waals surface area contributed by atoms with Gasteiger partial charge in [-0.3, -0.25) is 4.79 Å². The van der Waals surface area contributed by atoms with E-state index in [9.17, 15) is 4.79 Å². The van der Waals surface area contributed by atoms with Crippen LogP contribution in [0.2, 0.25) is 0 Å². The summed E-state index contributed by atoms with van der Waals surface area (Å²) in [5, 5.41) is 8.64. The Hall–Kier alpha value is -3.37. The number of likely N-dealkylation sites (N-methyl/N-ethyl adjacent to an activating group) is 1. The van der Waals surface area contributed by atoms with E-state index in [4.69, 9.17) is 9.84 Å². The fourth-order valence-corrected chi connectivity index (χ4v) is 4.44. The minimum absolute atomic E-state index is 0.102. The smallest absolute Gasteiger partial charge is 0.306 e. The summed E-state index contributed by atoms with van der Waals surface area (Å²) in [5.41, 5.74) is 6.37. The molecule has 0 aliphatic heterocycles. The number of rotatable bonds is 13. The standard InChI is InChI=1S/C26H29NO.C8H16O2/c1-4-25(21-11-7-5-8-12-21)26(22-13-9-6-10-14-22)23-15-17-24(18-16-23)28-20-19-27(2)3;1-3-5-7(6-4-2)8(9)10/h5-18H,4,19-20H2,1-3H3;7H,3-6H2,1-2H3,(H,9,10)/b26-25-;. The Kier molecular flexibility index (Phi) is 14.0. The zero-order valence-corrected chi connectivity index (χ0v) is 23.8. The highest BCUT2D eigenvalue weighted by Crippen LogP contribution is 2.34. The van der Waals surface area contributed by atoms with E-state index >= 15 is 0 Å². The van der Waals surface area contributed by atoms with E-state index < -0.39 is 5.97 Å². The average molecular weight is 516 g/mol. The molecule has 0 saturated carbocycles. The molecular formula is C34H45NO3. The third-order valence-corrected chi connectivity index (χ3v) is 6.41. The van der Waals surface area contributed by atoms with Crippen LogP contribution in [0.1, 0.15) is 69.6 Å². The van der Waals surface area contributed by atoms with Gasteiger partial charge in [-0.2, -0.15) is 0 Å². The topological polar surface area (TPSA) is 49.8 Å². The van der Waals surface area contributed by atoms with Gasteiger partial charge >= 0.3 is 5.97 Å². The van der Waals surface area contributed by atoms with Crippen LogP contribution in [0, 0.1) is 5.92 Å². The predicted molar refractivity (Wildman–Crippen MR) is 161 cm³/mol. The fraction of sp³-hybridized carbons (Fsp3) is 0.382. The van der Waals surface area contributed by atoms with Gasteiger partial charge in [0.25, 0.3) is 0 Å². The van der Waals surface area contributed by atoms with Crippen LogP contribution < -0.4 is 4.74 Å². The van der Waals surface area contributed by atoms with Gasteiger partial charge in [0.1, 0.15) is 12.4 Å². The van der Waals surface area contributed by atoms with Crippen molar-refractivity contribution in [3.05, 3.63) is 102 Å². The van der Waals surface area contributed by atoms with Gasteiger partial charge in [-0.15, -0.1) is 0 Å². The molecule has 0 aliphatic carbocycles. The van der Waals surface area contributed by atoms with Gasteiger partial charge in [-0.25, -0.2) is 0 Å². The Morgan fingerprint density at radius 3 is 1.71 bits per heavy atom. The largest absolute Gasteiger partial charge is 0.492 e. The summed E-state index contributed by atoms with van der Waals surface area (Å²) in [6.45, 7) is 7.87. The van der Waals surface area contributed by atoms with Crippen molar-refractivity contribution in [2.24, 2.45) is 5.92 Å². The fourth-order valence-electron chi connectivity index (χ4n) is 4.44. The average Bonchev–Trinajstić information content (AvgIpc) is 2.93. The van der Waals surface area contributed by atoms with Crippen molar-refractivity contribution in [3.63, 3.8) is 0 Å². The second kappa shape index (κ2) is 17.2. The van der Waals surface area contributed by atoms with Gasteiger partial charge < -0.3 is 14.7 Å². The number of aliphatic carboxylic acids is 1. The first-order chi connectivity index (χ1) is 18.4. The molecule has 0 amide bonds. The van der Waals surface area contributed by atoms with Gasteiger partial charge in [-0.05, 0) is 73.3 Å². The molecule has 0 spiro atoms. The molecule has 1 N–H and O–H groups in total. The summed E-state index contributed by atoms with van der Waals surface area (Å²) in [6.07, 6.45) is 4.55. The monoisotopic (exact) mass is 515 g/mol. The minimum atomic E-state index is -0.635. The summed E-state index contributed by atoms with van der Waals surface area (Å²) in [5.74, 6) is 0.175. The van der Waals surface area contributed by atoms with Crippen molar-refractivity contribution < 1.29 is 14.6 Å². The second-order valence-corrected chi connectivity index (χ2v) is 9.73. The van der Waals surface area contributed by atoms with Gasteiger partial charge in [0.15, 0.2) is 0 Å². The molecule has 0 aromatic heterocycles. The Morgan fingerprint density at radius 2 is 1.26 bits per heavy atom. The van der Waals surface area contributed by atoms with Crippen LogP contribution in [0.3, 0.4) is 0 Å². The lowest BCUT2D eigenvalue weighted by Gasteiger charge is -2.17. The number of hydrogen-bond acceptors (Lipinski definition) is 3. The first-order valence-electron chi connectivity index (χ1n) is 13.9. The highest BCUT2D eigenvalue weighted by atomic mass is 16.5. The summed E-state index contributed by atoms with van der Waals surface area (Å²) in [4.78, 5) is 12.6. The zero-order valence-electron chi connectivity index (χ0n) is 23.8. The number of nitrogens with zero attached hydrogens (tertiary/aromatic N) is 1. The maximum Gasteiger partial charge on any atom is 0.306 e. The third-order valence-electron chi connectivity index (χ3n) is 6.41. The molecule has 0 bridgehead atoms. The maximum absolute atomic E-state index is 10.5. The summed E-state index contributed by atoms with van der Waals surface area (Å²) >= 11 is 0. The number of carbonyl (C=O) groups is 1. The maximum atomic E-state index is 10.5. The van der Waals surface area contributed by atoms with Gasteiger partial charge in [0.2, 0.25) is 0 Å². The van der Waals surface area contributed by atoms with Crippen molar-refractivity contribution in [1.29, 1.82) is 0 Å². The van der Waals surface area contributed by atoms with Crippen LogP contribution in [-0.2, 0) is 4.79 Å². The minimum Gasteiger partial charge on any atom is -0.492 e. The number of benzene rings is 3. The molecule has 3 rings (SSSR count). The molecular weight excluding hydrogens is 470 g/mol. The van der Waals surface area contributed by atoms with Crippen LogP contribution in [0.4, 0.5) is 0 Å². The first-order valence-corrected chi connectivity index (χ1v) is 13.9. The number of carboxylic acid groups (broad SMARTS) is 1. The molecule has 38 heavy (non-hydrogen) atoms. The lowest BCUT2D eigenvalue weighted by Crippen LogP contribution is -2.19. The lowest BCUT2D eigenvalue weighted by atomic mass is 9.88. The SMILES string of the molecule is CC/C(=C(\c1ccccc1)c1ccc(OCCN(C)C)cc1)c1ccccc1.CCCC(CCC)C(=O)O. The van der Waals surface area contributed by atoms with E-state index in [1.54, 1.807) is 0 Å². The molecule has 0 radical (unpaired) electrons. The van der Waals surface area contributed by atoms with Crippen LogP contribution >= 0.6 is 0 Å². The van der Waals surface area contributed by atoms with E-state index in [0.29, 0.717) is 6.61 Å². The molecule has 3 aromatic carbocycles. The Bertz CT molecular complexity index is 1080. The zero-order chi connectivity index (χ0) is 27.8. The first kappa shape index (κ1) is 30.9. The van der Waals surface area contributed by atoms with Crippen LogP contribution in [0.25, 0.3) is 11.1 Å². The highest BCUT2D eigenvalue weighted by Gasteiger charge is 2.14. The highest BCUT2D eigenvalue weighted by molar-refractivity contribution is 5.98. The van der Waals surface area contributed by atoms with Crippen molar-refractivity contribution in [1.82, 2.24) is 4.90 Å². The van der Waals surface area contributed by atoms with Gasteiger partial charge in [-0.1, -0.05) is 106 Å². The Morgan fingerprint density at radius 1 is 0.763 bits per heavy atom. The molecule has 4 heteroatoms. The summed E-state index contributed by atoms with van der Waals surface area (Å²) in [6, 6.07) is 29.8. The van der Waals surface area contributed by atoms with Crippen LogP contribution in [-0.4, -0.2) is 43.2 Å². The molecule has 3 aromatic rings. The van der Waals surface area contributed by atoms with Crippen molar-refractivity contribution in [2.45, 2.75) is 52.9 Å². The van der Waals surface area contributed by atoms with Gasteiger partial charge in [0, 0.05) is 6.54 Å². The molecule has 0 saturated heterocycles. The number of ether oxygens (including phenoxy) is 1. The Labute approximate surface area is 230 Å². The van der Waals surface area contributed by atoms with Crippen molar-refractivity contribution in [3.8, 4) is 5.75 Å². The molecule has 0 heterocycles. The quantitative estimate of drug-likeness (QED) is 0.233. The lowest BCUT2D eigenvalue weighted by molar-refractivity contribution is -0.142. The van der Waals surface area contributed by atoms with E-state index in [2.05, 4.69) is 111 Å². The molecule has 0 atom stereocenters. The molecule has 0 aliphatic rings. The second-order valence-electron chi connectivity index (χ2n) is 9.73. The molecule has 204 valence electrons. The van der Waals surface area contributed by atoms with E-state index in [-0.39, 0.29) is 5.92 Å². The molecule has 0 unspecified atom stereocenters. The normalized spacial score (nSPS) is 11.6. The summed E-state index contributed by atoms with van der Waals surface area (Å²) in [7, 11) is 4.11. The van der Waals surface area contributed by atoms with Gasteiger partial charge in [0.05, 0.1) is 5.92 Å². The number of allylic oxidation sites excluding steroid dienone is 1. The van der Waals surface area contributed by atoms with Crippen molar-refractivity contribution in [2.75, 3.05) is 27.2 Å². The Balaban J connectivity index is 0.000000432. The molecule has 4 nitrogen and oxygen atoms in total. The third kappa shape index (κ3) is 10.2. The van der Waals surface area contributed by atoms with E-state index in [1.165, 1.54) is 27.8 Å². The van der Waals surface area contributed by atoms with E-state index in [0.717, 1.165) is 44.4 Å². The summed E-state index contributed by atoms with van der Waals surface area (Å²) < 4.78 is 5.87. The van der Waals surface area contributed by atoms with Crippen LogP contribution in [0.15, 0.2) is 84.9 Å². The number of carboxylic acids is 1.